The summed E-state index contributed by atoms with van der Waals surface area (Å²) in [4.78, 5) is 13.5. The Balaban J connectivity index is 1.65. The van der Waals surface area contributed by atoms with Crippen molar-refractivity contribution in [3.63, 3.8) is 0 Å². The van der Waals surface area contributed by atoms with E-state index in [-0.39, 0.29) is 11.7 Å². The maximum Gasteiger partial charge on any atom is 0.279 e. The molecule has 2 aromatic rings. The molecular formula is C20H24FN2O3+. The summed E-state index contributed by atoms with van der Waals surface area (Å²) in [5, 5.41) is 2.78. The van der Waals surface area contributed by atoms with E-state index in [9.17, 15) is 9.18 Å². The molecule has 26 heavy (non-hydrogen) atoms. The number of carbonyl (C=O) groups excluding carboxylic acids is 1. The predicted molar refractivity (Wildman–Crippen MR) is 97.4 cm³/mol. The van der Waals surface area contributed by atoms with E-state index in [1.165, 1.54) is 11.6 Å². The SMILES string of the molecule is COc1cc2c(cc1OC)C[NH+](CC(=O)Nc1ccc(C)c(F)c1)CC2. The Morgan fingerprint density at radius 2 is 1.85 bits per heavy atom. The average molecular weight is 359 g/mol. The number of ether oxygens (including phenoxy) is 2. The van der Waals surface area contributed by atoms with Crippen molar-refractivity contribution in [2.24, 2.45) is 0 Å². The fraction of sp³-hybridized carbons (Fsp3) is 0.350. The Labute approximate surface area is 152 Å². The van der Waals surface area contributed by atoms with Crippen molar-refractivity contribution in [3.8, 4) is 11.5 Å². The summed E-state index contributed by atoms with van der Waals surface area (Å²) >= 11 is 0. The molecule has 1 aliphatic heterocycles. The quantitative estimate of drug-likeness (QED) is 0.855. The summed E-state index contributed by atoms with van der Waals surface area (Å²) in [5.41, 5.74) is 3.44. The van der Waals surface area contributed by atoms with Crippen LogP contribution in [0.1, 0.15) is 16.7 Å². The molecule has 1 atom stereocenters. The van der Waals surface area contributed by atoms with Crippen molar-refractivity contribution in [2.75, 3.05) is 32.6 Å². The molecule has 2 aromatic carbocycles. The van der Waals surface area contributed by atoms with Crippen LogP contribution >= 0.6 is 0 Å². The number of fused-ring (bicyclic) bond motifs is 1. The van der Waals surface area contributed by atoms with Gasteiger partial charge in [0.1, 0.15) is 12.4 Å². The highest BCUT2D eigenvalue weighted by atomic mass is 19.1. The molecule has 0 spiro atoms. The largest absolute Gasteiger partial charge is 0.493 e. The number of anilines is 1. The summed E-state index contributed by atoms with van der Waals surface area (Å²) < 4.78 is 24.3. The van der Waals surface area contributed by atoms with Gasteiger partial charge in [0.05, 0.1) is 20.8 Å². The number of carbonyl (C=O) groups is 1. The van der Waals surface area contributed by atoms with Crippen molar-refractivity contribution in [2.45, 2.75) is 19.9 Å². The van der Waals surface area contributed by atoms with Gasteiger partial charge >= 0.3 is 0 Å². The molecule has 2 N–H and O–H groups in total. The molecule has 1 heterocycles. The maximum absolute atomic E-state index is 13.6. The van der Waals surface area contributed by atoms with Gasteiger partial charge in [-0.25, -0.2) is 4.39 Å². The number of rotatable bonds is 5. The zero-order valence-corrected chi connectivity index (χ0v) is 15.3. The van der Waals surface area contributed by atoms with Crippen LogP contribution in [0.3, 0.4) is 0 Å². The van der Waals surface area contributed by atoms with Crippen LogP contribution in [0, 0.1) is 12.7 Å². The van der Waals surface area contributed by atoms with E-state index in [0.717, 1.165) is 35.7 Å². The van der Waals surface area contributed by atoms with Crippen LogP contribution < -0.4 is 19.7 Å². The number of quaternary nitrogens is 1. The summed E-state index contributed by atoms with van der Waals surface area (Å²) in [5.74, 6) is 0.996. The Morgan fingerprint density at radius 3 is 2.50 bits per heavy atom. The summed E-state index contributed by atoms with van der Waals surface area (Å²) in [6.45, 7) is 3.63. The van der Waals surface area contributed by atoms with Gasteiger partial charge in [-0.15, -0.1) is 0 Å². The van der Waals surface area contributed by atoms with Gasteiger partial charge in [-0.3, -0.25) is 4.79 Å². The Hall–Kier alpha value is -2.60. The summed E-state index contributed by atoms with van der Waals surface area (Å²) in [6.07, 6.45) is 0.872. The third kappa shape index (κ3) is 3.96. The molecule has 1 amide bonds. The summed E-state index contributed by atoms with van der Waals surface area (Å²) in [7, 11) is 3.24. The smallest absolute Gasteiger partial charge is 0.279 e. The van der Waals surface area contributed by atoms with Crippen LogP contribution in [0.15, 0.2) is 30.3 Å². The van der Waals surface area contributed by atoms with Crippen molar-refractivity contribution < 1.29 is 23.6 Å². The third-order valence-electron chi connectivity index (χ3n) is 4.76. The number of benzene rings is 2. The van der Waals surface area contributed by atoms with Gasteiger partial charge in [-0.1, -0.05) is 6.07 Å². The van der Waals surface area contributed by atoms with Crippen LogP contribution in [0.2, 0.25) is 0 Å². The first-order valence-electron chi connectivity index (χ1n) is 8.63. The van der Waals surface area contributed by atoms with Crippen molar-refractivity contribution in [1.29, 1.82) is 0 Å². The molecule has 5 nitrogen and oxygen atoms in total. The lowest BCUT2D eigenvalue weighted by Gasteiger charge is -2.26. The average Bonchev–Trinajstić information content (AvgIpc) is 2.63. The monoisotopic (exact) mass is 359 g/mol. The van der Waals surface area contributed by atoms with E-state index in [2.05, 4.69) is 5.32 Å². The highest BCUT2D eigenvalue weighted by molar-refractivity contribution is 5.91. The minimum absolute atomic E-state index is 0.118. The van der Waals surface area contributed by atoms with Crippen LogP contribution in [0.4, 0.5) is 10.1 Å². The minimum Gasteiger partial charge on any atom is -0.493 e. The molecule has 138 valence electrons. The highest BCUT2D eigenvalue weighted by Crippen LogP contribution is 2.31. The van der Waals surface area contributed by atoms with Crippen LogP contribution in [-0.4, -0.2) is 33.2 Å². The fourth-order valence-electron chi connectivity index (χ4n) is 3.28. The van der Waals surface area contributed by atoms with E-state index < -0.39 is 0 Å². The van der Waals surface area contributed by atoms with Crippen molar-refractivity contribution >= 4 is 11.6 Å². The standard InChI is InChI=1S/C20H23FN2O3/c1-13-4-5-16(10-17(13)21)22-20(24)12-23-7-6-14-8-18(25-2)19(26-3)9-15(14)11-23/h4-5,8-10H,6-7,11-12H2,1-3H3,(H,22,24)/p+1. The highest BCUT2D eigenvalue weighted by Gasteiger charge is 2.24. The van der Waals surface area contributed by atoms with Crippen molar-refractivity contribution in [3.05, 3.63) is 52.8 Å². The molecule has 0 saturated carbocycles. The van der Waals surface area contributed by atoms with E-state index in [1.54, 1.807) is 33.3 Å². The Kier molecular flexibility index (Phi) is 5.42. The van der Waals surface area contributed by atoms with E-state index in [4.69, 9.17) is 9.47 Å². The number of aryl methyl sites for hydroxylation is 1. The number of hydrogen-bond donors (Lipinski definition) is 2. The van der Waals surface area contributed by atoms with E-state index in [0.29, 0.717) is 23.5 Å². The first-order valence-corrected chi connectivity index (χ1v) is 8.63. The lowest BCUT2D eigenvalue weighted by molar-refractivity contribution is -0.907. The molecule has 1 aliphatic rings. The first-order chi connectivity index (χ1) is 12.5. The third-order valence-corrected chi connectivity index (χ3v) is 4.76. The molecule has 0 aromatic heterocycles. The van der Waals surface area contributed by atoms with Gasteiger partial charge in [-0.2, -0.15) is 0 Å². The van der Waals surface area contributed by atoms with Crippen molar-refractivity contribution in [1.82, 2.24) is 0 Å². The first kappa shape index (κ1) is 18.2. The Bertz CT molecular complexity index is 823. The molecule has 0 fully saturated rings. The zero-order chi connectivity index (χ0) is 18.7. The second kappa shape index (κ2) is 7.74. The van der Waals surface area contributed by atoms with E-state index in [1.807, 2.05) is 12.1 Å². The maximum atomic E-state index is 13.6. The molecule has 0 aliphatic carbocycles. The second-order valence-corrected chi connectivity index (χ2v) is 6.59. The van der Waals surface area contributed by atoms with E-state index >= 15 is 0 Å². The lowest BCUT2D eigenvalue weighted by atomic mass is 9.99. The minimum atomic E-state index is -0.317. The molecule has 0 bridgehead atoms. The normalized spacial score (nSPS) is 15.9. The second-order valence-electron chi connectivity index (χ2n) is 6.59. The lowest BCUT2D eigenvalue weighted by Crippen LogP contribution is -3.12. The number of methoxy groups -OCH3 is 2. The van der Waals surface area contributed by atoms with Gasteiger partial charge < -0.3 is 19.7 Å². The Morgan fingerprint density at radius 1 is 1.15 bits per heavy atom. The van der Waals surface area contributed by atoms with Crippen LogP contribution in [0.5, 0.6) is 11.5 Å². The molecule has 0 saturated heterocycles. The molecule has 0 radical (unpaired) electrons. The summed E-state index contributed by atoms with van der Waals surface area (Å²) in [6, 6.07) is 8.73. The van der Waals surface area contributed by atoms with Gasteiger partial charge in [0.25, 0.3) is 5.91 Å². The van der Waals surface area contributed by atoms with Gasteiger partial charge in [0, 0.05) is 17.7 Å². The topological polar surface area (TPSA) is 52.0 Å². The van der Waals surface area contributed by atoms with Gasteiger partial charge in [0.15, 0.2) is 18.0 Å². The fourth-order valence-corrected chi connectivity index (χ4v) is 3.28. The molecule has 6 heteroatoms. The molecular weight excluding hydrogens is 335 g/mol. The molecule has 3 rings (SSSR count). The van der Waals surface area contributed by atoms with Gasteiger partial charge in [0.2, 0.25) is 0 Å². The number of hydrogen-bond acceptors (Lipinski definition) is 3. The van der Waals surface area contributed by atoms with Crippen LogP contribution in [0.25, 0.3) is 0 Å². The van der Waals surface area contributed by atoms with Crippen LogP contribution in [-0.2, 0) is 17.8 Å². The molecule has 1 unspecified atom stereocenters. The zero-order valence-electron chi connectivity index (χ0n) is 15.3. The number of amides is 1. The number of halogens is 1. The van der Waals surface area contributed by atoms with Gasteiger partial charge in [-0.05, 0) is 42.3 Å². The predicted octanol–water partition coefficient (Wildman–Crippen LogP) is 1.73. The number of nitrogens with one attached hydrogen (secondary N) is 2.